The maximum absolute atomic E-state index is 13.1. The van der Waals surface area contributed by atoms with Gasteiger partial charge in [0.1, 0.15) is 16.6 Å². The van der Waals surface area contributed by atoms with Crippen molar-refractivity contribution in [3.8, 4) is 5.75 Å². The van der Waals surface area contributed by atoms with E-state index < -0.39 is 20.9 Å². The fourth-order valence-corrected chi connectivity index (χ4v) is 6.78. The third-order valence-electron chi connectivity index (χ3n) is 5.74. The molecule has 1 aromatic rings. The molecule has 0 N–H and O–H groups in total. The molecule has 1 spiro atoms. The highest BCUT2D eigenvalue weighted by Crippen LogP contribution is 2.46. The van der Waals surface area contributed by atoms with Crippen molar-refractivity contribution in [3.05, 3.63) is 29.8 Å². The Morgan fingerprint density at radius 2 is 2.19 bits per heavy atom. The molecule has 8 heteroatoms. The van der Waals surface area contributed by atoms with Gasteiger partial charge in [-0.05, 0) is 30.5 Å². The van der Waals surface area contributed by atoms with E-state index in [-0.39, 0.29) is 12.0 Å². The number of nitrogens with zero attached hydrogens (tertiary/aromatic N) is 2. The van der Waals surface area contributed by atoms with Crippen molar-refractivity contribution >= 4 is 15.9 Å². The van der Waals surface area contributed by atoms with E-state index in [2.05, 4.69) is 0 Å². The average Bonchev–Trinajstić information content (AvgIpc) is 2.98. The van der Waals surface area contributed by atoms with Gasteiger partial charge in [0.25, 0.3) is 0 Å². The first-order valence-corrected chi connectivity index (χ1v) is 10.4. The summed E-state index contributed by atoms with van der Waals surface area (Å²) in [5.41, 5.74) is 0.254. The lowest BCUT2D eigenvalue weighted by atomic mass is 9.99. The molecule has 2 bridgehead atoms. The monoisotopic (exact) mass is 380 g/mol. The number of sulfonamides is 1. The Balaban J connectivity index is 1.52. The highest BCUT2D eigenvalue weighted by molar-refractivity contribution is 7.90. The van der Waals surface area contributed by atoms with Crippen LogP contribution in [0, 0.1) is 0 Å². The van der Waals surface area contributed by atoms with Crippen molar-refractivity contribution < 1.29 is 22.7 Å². The number of carbonyl (C=O) groups is 1. The minimum absolute atomic E-state index is 0.0226. The summed E-state index contributed by atoms with van der Waals surface area (Å²) in [7, 11) is -1.81. The molecule has 3 aliphatic rings. The van der Waals surface area contributed by atoms with E-state index in [4.69, 9.17) is 9.47 Å². The lowest BCUT2D eigenvalue weighted by Gasteiger charge is -2.39. The molecule has 3 heterocycles. The molecule has 3 saturated heterocycles. The largest absolute Gasteiger partial charge is 0.497 e. The number of hydrogen-bond acceptors (Lipinski definition) is 5. The van der Waals surface area contributed by atoms with Crippen LogP contribution in [0.5, 0.6) is 5.75 Å². The smallest absolute Gasteiger partial charge is 0.220 e. The van der Waals surface area contributed by atoms with Crippen LogP contribution in [0.25, 0.3) is 0 Å². The number of methoxy groups -OCH3 is 1. The molecule has 26 heavy (non-hydrogen) atoms. The molecular formula is C18H24N2O5S. The number of hydrogen-bond donors (Lipinski definition) is 0. The zero-order valence-electron chi connectivity index (χ0n) is 15.1. The molecule has 1 aromatic carbocycles. The summed E-state index contributed by atoms with van der Waals surface area (Å²) >= 11 is 0. The first-order valence-electron chi connectivity index (χ1n) is 8.89. The van der Waals surface area contributed by atoms with Crippen molar-refractivity contribution in [1.29, 1.82) is 0 Å². The minimum Gasteiger partial charge on any atom is -0.497 e. The molecule has 3 atom stereocenters. The standard InChI is InChI=1S/C18H24N2O5S/c1-13(21)19-10-16-9-17-18(11-19,25-16)12-20(26(17,22)23)7-6-14-4-3-5-15(8-14)24-2/h3-5,8,16-17H,6-7,9-12H2,1-2H3/t16-,17+,18+/m1/s1. The van der Waals surface area contributed by atoms with Gasteiger partial charge in [-0.2, -0.15) is 4.31 Å². The van der Waals surface area contributed by atoms with Crippen molar-refractivity contribution in [2.45, 2.75) is 36.7 Å². The number of benzene rings is 1. The van der Waals surface area contributed by atoms with E-state index >= 15 is 0 Å². The van der Waals surface area contributed by atoms with Crippen LogP contribution < -0.4 is 4.74 Å². The Labute approximate surface area is 153 Å². The number of morpholine rings is 1. The van der Waals surface area contributed by atoms with Gasteiger partial charge in [-0.3, -0.25) is 4.79 Å². The summed E-state index contributed by atoms with van der Waals surface area (Å²) in [6.45, 7) is 3.11. The molecule has 0 aromatic heterocycles. The molecular weight excluding hydrogens is 356 g/mol. The van der Waals surface area contributed by atoms with Gasteiger partial charge in [-0.1, -0.05) is 12.1 Å². The summed E-state index contributed by atoms with van der Waals surface area (Å²) in [6, 6.07) is 7.66. The molecule has 3 aliphatic heterocycles. The molecule has 0 saturated carbocycles. The zero-order valence-corrected chi connectivity index (χ0v) is 15.9. The van der Waals surface area contributed by atoms with Gasteiger partial charge in [0.15, 0.2) is 0 Å². The molecule has 1 amide bonds. The van der Waals surface area contributed by atoms with Crippen LogP contribution in [-0.4, -0.2) is 73.8 Å². The van der Waals surface area contributed by atoms with Gasteiger partial charge >= 0.3 is 0 Å². The van der Waals surface area contributed by atoms with Crippen LogP contribution in [-0.2, 0) is 26.0 Å². The number of rotatable bonds is 4. The summed E-state index contributed by atoms with van der Waals surface area (Å²) in [6.07, 6.45) is 0.911. The van der Waals surface area contributed by atoms with Crippen molar-refractivity contribution in [3.63, 3.8) is 0 Å². The SMILES string of the molecule is COc1cccc(CCN2C[C@@]34CN(C(C)=O)C[C@@H](C[C@@H]3S2(=O)=O)O4)c1. The maximum Gasteiger partial charge on any atom is 0.220 e. The van der Waals surface area contributed by atoms with Gasteiger partial charge in [0, 0.05) is 26.6 Å². The first kappa shape index (κ1) is 17.8. The second-order valence-corrected chi connectivity index (χ2v) is 9.52. The third kappa shape index (κ3) is 2.80. The van der Waals surface area contributed by atoms with E-state index in [1.165, 1.54) is 11.2 Å². The molecule has 0 radical (unpaired) electrons. The second kappa shape index (κ2) is 6.21. The lowest BCUT2D eigenvalue weighted by Crippen LogP contribution is -2.56. The minimum atomic E-state index is -3.42. The molecule has 0 aliphatic carbocycles. The number of amides is 1. The predicted octanol–water partition coefficient (Wildman–Crippen LogP) is 0.642. The summed E-state index contributed by atoms with van der Waals surface area (Å²) in [5.74, 6) is 0.739. The molecule has 3 fully saturated rings. The van der Waals surface area contributed by atoms with E-state index in [9.17, 15) is 13.2 Å². The van der Waals surface area contributed by atoms with E-state index in [1.54, 1.807) is 12.0 Å². The van der Waals surface area contributed by atoms with Crippen LogP contribution in [0.4, 0.5) is 0 Å². The normalized spacial score (nSPS) is 32.5. The van der Waals surface area contributed by atoms with Crippen LogP contribution in [0.3, 0.4) is 0 Å². The fourth-order valence-electron chi connectivity index (χ4n) is 4.47. The summed E-state index contributed by atoms with van der Waals surface area (Å²) in [5, 5.41) is -0.547. The number of carbonyl (C=O) groups excluding carboxylic acids is 1. The Bertz CT molecular complexity index is 827. The van der Waals surface area contributed by atoms with E-state index in [1.807, 2.05) is 24.3 Å². The van der Waals surface area contributed by atoms with E-state index in [0.29, 0.717) is 39.0 Å². The van der Waals surface area contributed by atoms with Gasteiger partial charge in [-0.15, -0.1) is 0 Å². The highest BCUT2D eigenvalue weighted by Gasteiger charge is 2.65. The van der Waals surface area contributed by atoms with Gasteiger partial charge in [0.2, 0.25) is 15.9 Å². The van der Waals surface area contributed by atoms with Crippen molar-refractivity contribution in [2.75, 3.05) is 33.3 Å². The Hall–Kier alpha value is -1.64. The molecule has 0 unspecified atom stereocenters. The summed E-state index contributed by atoms with van der Waals surface area (Å²) < 4.78 is 39.0. The molecule has 4 rings (SSSR count). The number of likely N-dealkylation sites (tertiary alicyclic amines) is 1. The second-order valence-electron chi connectivity index (χ2n) is 7.41. The third-order valence-corrected chi connectivity index (χ3v) is 8.11. The van der Waals surface area contributed by atoms with Crippen LogP contribution >= 0.6 is 0 Å². The molecule has 7 nitrogen and oxygen atoms in total. The lowest BCUT2D eigenvalue weighted by molar-refractivity contribution is -0.148. The highest BCUT2D eigenvalue weighted by atomic mass is 32.2. The quantitative estimate of drug-likeness (QED) is 0.766. The van der Waals surface area contributed by atoms with E-state index in [0.717, 1.165) is 11.3 Å². The Kier molecular flexibility index (Phi) is 4.24. The van der Waals surface area contributed by atoms with Gasteiger partial charge < -0.3 is 14.4 Å². The number of fused-ring (bicyclic) bond motifs is 1. The maximum atomic E-state index is 13.1. The number of ether oxygens (including phenoxy) is 2. The van der Waals surface area contributed by atoms with Crippen LogP contribution in [0.2, 0.25) is 0 Å². The zero-order chi connectivity index (χ0) is 18.5. The van der Waals surface area contributed by atoms with Crippen molar-refractivity contribution in [2.24, 2.45) is 0 Å². The fraction of sp³-hybridized carbons (Fsp3) is 0.611. The topological polar surface area (TPSA) is 76.2 Å². The van der Waals surface area contributed by atoms with Gasteiger partial charge in [-0.25, -0.2) is 8.42 Å². The molecule has 142 valence electrons. The van der Waals surface area contributed by atoms with Gasteiger partial charge in [0.05, 0.1) is 19.8 Å². The van der Waals surface area contributed by atoms with Crippen molar-refractivity contribution in [1.82, 2.24) is 9.21 Å². The Morgan fingerprint density at radius 1 is 1.38 bits per heavy atom. The average molecular weight is 380 g/mol. The summed E-state index contributed by atoms with van der Waals surface area (Å²) in [4.78, 5) is 13.5. The first-order chi connectivity index (χ1) is 12.3. The van der Waals surface area contributed by atoms with Crippen LogP contribution in [0.1, 0.15) is 18.9 Å². The Morgan fingerprint density at radius 3 is 2.92 bits per heavy atom. The van der Waals surface area contributed by atoms with Crippen LogP contribution in [0.15, 0.2) is 24.3 Å². The predicted molar refractivity (Wildman–Crippen MR) is 95.5 cm³/mol.